The first kappa shape index (κ1) is 24.1. The third-order valence-corrected chi connectivity index (χ3v) is 6.94. The maximum Gasteiger partial charge on any atom is 0.225 e. The molecule has 190 valence electrons. The van der Waals surface area contributed by atoms with Gasteiger partial charge in [0, 0.05) is 69.6 Å². The predicted octanol–water partition coefficient (Wildman–Crippen LogP) is 3.53. The van der Waals surface area contributed by atoms with Crippen LogP contribution in [0.2, 0.25) is 0 Å². The van der Waals surface area contributed by atoms with Gasteiger partial charge in [0.05, 0.1) is 32.7 Å². The Balaban J connectivity index is 1.24. The Morgan fingerprint density at radius 3 is 2.33 bits per heavy atom. The average Bonchev–Trinajstić information content (AvgIpc) is 2.92. The second-order valence-corrected chi connectivity index (χ2v) is 9.02. The van der Waals surface area contributed by atoms with Crippen molar-refractivity contribution in [2.75, 3.05) is 63.9 Å². The number of piperazine rings is 1. The summed E-state index contributed by atoms with van der Waals surface area (Å²) >= 11 is 0. The Hall–Kier alpha value is -3.59. The average molecular weight is 494 g/mol. The van der Waals surface area contributed by atoms with E-state index in [1.165, 1.54) is 6.07 Å². The molecule has 0 radical (unpaired) electrons. The van der Waals surface area contributed by atoms with E-state index < -0.39 is 0 Å². The van der Waals surface area contributed by atoms with Gasteiger partial charge in [0.25, 0.3) is 0 Å². The quantitative estimate of drug-likeness (QED) is 0.496. The molecule has 1 fully saturated rings. The van der Waals surface area contributed by atoms with E-state index in [2.05, 4.69) is 14.7 Å². The monoisotopic (exact) mass is 493 g/mol. The smallest absolute Gasteiger partial charge is 0.225 e. The summed E-state index contributed by atoms with van der Waals surface area (Å²) in [5.41, 5.74) is 3.96. The van der Waals surface area contributed by atoms with Crippen LogP contribution in [0.5, 0.6) is 17.2 Å². The molecule has 2 aromatic carbocycles. The van der Waals surface area contributed by atoms with E-state index in [1.807, 2.05) is 30.5 Å². The molecule has 1 aromatic heterocycles. The van der Waals surface area contributed by atoms with Crippen molar-refractivity contribution < 1.29 is 18.6 Å². The van der Waals surface area contributed by atoms with Gasteiger partial charge in [-0.15, -0.1) is 0 Å². The molecule has 0 atom stereocenters. The molecule has 5 rings (SSSR count). The van der Waals surface area contributed by atoms with Gasteiger partial charge in [-0.1, -0.05) is 18.2 Å². The number of benzene rings is 2. The minimum Gasteiger partial charge on any atom is -0.493 e. The molecule has 0 amide bonds. The summed E-state index contributed by atoms with van der Waals surface area (Å²) in [4.78, 5) is 16.2. The molecular weight excluding hydrogens is 461 g/mol. The summed E-state index contributed by atoms with van der Waals surface area (Å²) in [6, 6.07) is 10.9. The minimum atomic E-state index is -0.175. The Morgan fingerprint density at radius 1 is 0.861 bits per heavy atom. The lowest BCUT2D eigenvalue weighted by Gasteiger charge is -2.36. The van der Waals surface area contributed by atoms with Crippen LogP contribution in [0.3, 0.4) is 0 Å². The summed E-state index contributed by atoms with van der Waals surface area (Å²) in [5, 5.41) is 0. The Bertz CT molecular complexity index is 1220. The number of halogens is 1. The number of ether oxygens (including phenoxy) is 3. The van der Waals surface area contributed by atoms with E-state index in [9.17, 15) is 4.39 Å². The molecule has 0 saturated carbocycles. The van der Waals surface area contributed by atoms with Crippen molar-refractivity contribution >= 4 is 11.6 Å². The first-order valence-corrected chi connectivity index (χ1v) is 12.2. The molecule has 1 saturated heterocycles. The molecule has 2 aliphatic heterocycles. The van der Waals surface area contributed by atoms with Crippen molar-refractivity contribution in [3.05, 3.63) is 65.2 Å². The molecule has 0 N–H and O–H groups in total. The van der Waals surface area contributed by atoms with Gasteiger partial charge in [-0.25, -0.2) is 14.4 Å². The maximum absolute atomic E-state index is 14.2. The minimum absolute atomic E-state index is 0.175. The van der Waals surface area contributed by atoms with Gasteiger partial charge in [0.15, 0.2) is 11.5 Å². The van der Waals surface area contributed by atoms with Gasteiger partial charge in [0.2, 0.25) is 11.7 Å². The highest BCUT2D eigenvalue weighted by Crippen LogP contribution is 2.40. The van der Waals surface area contributed by atoms with Crippen molar-refractivity contribution in [2.45, 2.75) is 19.5 Å². The molecule has 2 aliphatic rings. The van der Waals surface area contributed by atoms with Crippen molar-refractivity contribution in [1.29, 1.82) is 0 Å². The number of rotatable bonds is 7. The van der Waals surface area contributed by atoms with Crippen LogP contribution in [0.4, 0.5) is 16.0 Å². The zero-order valence-electron chi connectivity index (χ0n) is 21.0. The van der Waals surface area contributed by atoms with E-state index in [4.69, 9.17) is 24.2 Å². The largest absolute Gasteiger partial charge is 0.493 e. The summed E-state index contributed by atoms with van der Waals surface area (Å²) in [5.74, 6) is 2.54. The van der Waals surface area contributed by atoms with E-state index in [1.54, 1.807) is 27.4 Å². The molecule has 8 nitrogen and oxygen atoms in total. The van der Waals surface area contributed by atoms with Gasteiger partial charge >= 0.3 is 0 Å². The standard InChI is InChI=1S/C27H32FN5O3/c1-34-24-9-8-19(25(35-2)26(24)36-3)17-31-11-10-22-20(18-31)16-29-27(30-22)33-14-12-32(13-15-33)23-7-5-4-6-21(23)28/h4-9,16H,10-15,17-18H2,1-3H3. The first-order valence-electron chi connectivity index (χ1n) is 12.2. The molecule has 3 heterocycles. The highest BCUT2D eigenvalue weighted by Gasteiger charge is 2.25. The third-order valence-electron chi connectivity index (χ3n) is 6.94. The topological polar surface area (TPSA) is 63.2 Å². The van der Waals surface area contributed by atoms with Crippen LogP contribution < -0.4 is 24.0 Å². The number of fused-ring (bicyclic) bond motifs is 1. The molecular formula is C27H32FN5O3. The second kappa shape index (κ2) is 10.6. The zero-order chi connectivity index (χ0) is 25.1. The normalized spacial score (nSPS) is 16.0. The highest BCUT2D eigenvalue weighted by molar-refractivity contribution is 5.56. The van der Waals surface area contributed by atoms with Gasteiger partial charge in [-0.2, -0.15) is 0 Å². The lowest BCUT2D eigenvalue weighted by Crippen LogP contribution is -2.47. The lowest BCUT2D eigenvalue weighted by atomic mass is 10.1. The van der Waals surface area contributed by atoms with Gasteiger partial charge in [-0.3, -0.25) is 4.90 Å². The van der Waals surface area contributed by atoms with Gasteiger partial charge in [0.1, 0.15) is 5.82 Å². The summed E-state index contributed by atoms with van der Waals surface area (Å²) in [6.07, 6.45) is 2.81. The molecule has 0 unspecified atom stereocenters. The van der Waals surface area contributed by atoms with Crippen LogP contribution in [-0.4, -0.2) is 68.9 Å². The van der Waals surface area contributed by atoms with Crippen LogP contribution in [-0.2, 0) is 19.5 Å². The Morgan fingerprint density at radius 2 is 1.61 bits per heavy atom. The third kappa shape index (κ3) is 4.75. The van der Waals surface area contributed by atoms with Crippen molar-refractivity contribution in [1.82, 2.24) is 14.9 Å². The number of hydrogen-bond acceptors (Lipinski definition) is 8. The van der Waals surface area contributed by atoms with Gasteiger partial charge < -0.3 is 24.0 Å². The predicted molar refractivity (Wildman–Crippen MR) is 137 cm³/mol. The van der Waals surface area contributed by atoms with Crippen molar-refractivity contribution in [2.24, 2.45) is 0 Å². The Labute approximate surface area is 211 Å². The molecule has 0 aliphatic carbocycles. The SMILES string of the molecule is COc1ccc(CN2CCc3nc(N4CCN(c5ccccc5F)CC4)ncc3C2)c(OC)c1OC. The first-order chi connectivity index (χ1) is 17.6. The number of aromatic nitrogens is 2. The van der Waals surface area contributed by atoms with E-state index >= 15 is 0 Å². The molecule has 0 bridgehead atoms. The van der Waals surface area contributed by atoms with Crippen LogP contribution in [0.15, 0.2) is 42.6 Å². The number of hydrogen-bond donors (Lipinski definition) is 0. The van der Waals surface area contributed by atoms with Crippen molar-refractivity contribution in [3.8, 4) is 17.2 Å². The second-order valence-electron chi connectivity index (χ2n) is 9.02. The molecule has 36 heavy (non-hydrogen) atoms. The highest BCUT2D eigenvalue weighted by atomic mass is 19.1. The fourth-order valence-electron chi connectivity index (χ4n) is 5.04. The van der Waals surface area contributed by atoms with E-state index in [0.717, 1.165) is 75.0 Å². The number of nitrogens with zero attached hydrogens (tertiary/aromatic N) is 5. The van der Waals surface area contributed by atoms with Crippen LogP contribution in [0.25, 0.3) is 0 Å². The molecule has 3 aromatic rings. The van der Waals surface area contributed by atoms with E-state index in [0.29, 0.717) is 22.9 Å². The van der Waals surface area contributed by atoms with Crippen LogP contribution in [0.1, 0.15) is 16.8 Å². The lowest BCUT2D eigenvalue weighted by molar-refractivity contribution is 0.237. The summed E-state index contributed by atoms with van der Waals surface area (Å²) < 4.78 is 30.8. The van der Waals surface area contributed by atoms with Crippen LogP contribution in [0, 0.1) is 5.82 Å². The Kier molecular flexibility index (Phi) is 7.09. The summed E-state index contributed by atoms with van der Waals surface area (Å²) in [7, 11) is 4.89. The molecule has 9 heteroatoms. The van der Waals surface area contributed by atoms with Gasteiger partial charge in [-0.05, 0) is 18.2 Å². The number of para-hydroxylation sites is 1. The van der Waals surface area contributed by atoms with Crippen molar-refractivity contribution in [3.63, 3.8) is 0 Å². The molecule has 0 spiro atoms. The number of anilines is 2. The number of methoxy groups -OCH3 is 3. The fraction of sp³-hybridized carbons (Fsp3) is 0.407. The van der Waals surface area contributed by atoms with Crippen LogP contribution >= 0.6 is 0 Å². The zero-order valence-corrected chi connectivity index (χ0v) is 21.0. The summed E-state index contributed by atoms with van der Waals surface area (Å²) in [6.45, 7) is 5.39. The fourth-order valence-corrected chi connectivity index (χ4v) is 5.04. The maximum atomic E-state index is 14.2. The van der Waals surface area contributed by atoms with E-state index in [-0.39, 0.29) is 5.82 Å².